The number of benzene rings is 1. The molecule has 8 heteroatoms. The third-order valence-corrected chi connectivity index (χ3v) is 5.72. The fourth-order valence-electron chi connectivity index (χ4n) is 3.12. The van der Waals surface area contributed by atoms with Gasteiger partial charge in [-0.1, -0.05) is 30.0 Å². The highest BCUT2D eigenvalue weighted by Gasteiger charge is 2.27. The summed E-state index contributed by atoms with van der Waals surface area (Å²) in [6.45, 7) is 3.84. The molecule has 3 aromatic rings. The number of carbonyl (C=O) groups excluding carboxylic acids is 1. The summed E-state index contributed by atoms with van der Waals surface area (Å²) in [5.74, 6) is 1.87. The molecule has 0 atom stereocenters. The number of anilines is 1. The standard InChI is InChI=1S/C20H20N6OS/c1-12-13(2)26(15-6-4-3-5-7-15)19(16(12)10-21)22-17(27)11-28-20-23-18(24-25-20)14-8-9-14/h3-7,14H,8-9,11H2,1-2H3,(H,22,27)(H,23,24,25). The van der Waals surface area contributed by atoms with Gasteiger partial charge in [-0.05, 0) is 44.4 Å². The first kappa shape index (κ1) is 18.3. The molecule has 0 bridgehead atoms. The van der Waals surface area contributed by atoms with E-state index in [9.17, 15) is 10.1 Å². The van der Waals surface area contributed by atoms with E-state index in [0.717, 1.165) is 35.6 Å². The maximum absolute atomic E-state index is 12.6. The second kappa shape index (κ2) is 7.52. The Hall–Kier alpha value is -3.05. The molecule has 0 spiro atoms. The second-order valence-corrected chi connectivity index (χ2v) is 7.77. The number of hydrogen-bond donors (Lipinski definition) is 2. The van der Waals surface area contributed by atoms with Crippen molar-refractivity contribution in [2.45, 2.75) is 37.8 Å². The summed E-state index contributed by atoms with van der Waals surface area (Å²) in [5, 5.41) is 20.2. The first-order valence-corrected chi connectivity index (χ1v) is 10.1. The van der Waals surface area contributed by atoms with Crippen molar-refractivity contribution in [1.29, 1.82) is 5.26 Å². The van der Waals surface area contributed by atoms with E-state index in [1.807, 2.05) is 48.7 Å². The Bertz CT molecular complexity index is 1060. The third-order valence-electron chi connectivity index (χ3n) is 4.88. The molecule has 1 amide bonds. The van der Waals surface area contributed by atoms with E-state index in [2.05, 4.69) is 26.6 Å². The van der Waals surface area contributed by atoms with Gasteiger partial charge in [-0.3, -0.25) is 14.5 Å². The molecule has 1 saturated carbocycles. The minimum atomic E-state index is -0.200. The first-order chi connectivity index (χ1) is 13.6. The van der Waals surface area contributed by atoms with Crippen molar-refractivity contribution in [3.8, 4) is 11.8 Å². The average Bonchev–Trinajstić information content (AvgIpc) is 3.40. The molecule has 7 nitrogen and oxygen atoms in total. The monoisotopic (exact) mass is 392 g/mol. The van der Waals surface area contributed by atoms with Crippen molar-refractivity contribution >= 4 is 23.5 Å². The van der Waals surface area contributed by atoms with E-state index >= 15 is 0 Å². The number of hydrogen-bond acceptors (Lipinski definition) is 5. The van der Waals surface area contributed by atoms with Crippen LogP contribution in [0, 0.1) is 25.2 Å². The van der Waals surface area contributed by atoms with Gasteiger partial charge in [0.2, 0.25) is 11.1 Å². The van der Waals surface area contributed by atoms with Crippen LogP contribution < -0.4 is 5.32 Å². The van der Waals surface area contributed by atoms with Gasteiger partial charge in [0.1, 0.15) is 17.7 Å². The number of thioether (sulfide) groups is 1. The van der Waals surface area contributed by atoms with Crippen molar-refractivity contribution in [3.63, 3.8) is 0 Å². The summed E-state index contributed by atoms with van der Waals surface area (Å²) in [6, 6.07) is 11.9. The van der Waals surface area contributed by atoms with Crippen LogP contribution >= 0.6 is 11.8 Å². The van der Waals surface area contributed by atoms with Crippen LogP contribution in [-0.2, 0) is 4.79 Å². The molecule has 1 aliphatic rings. The summed E-state index contributed by atoms with van der Waals surface area (Å²) in [4.78, 5) is 17.0. The fraction of sp³-hybridized carbons (Fsp3) is 0.300. The van der Waals surface area contributed by atoms with Crippen LogP contribution in [-0.4, -0.2) is 31.4 Å². The highest BCUT2D eigenvalue weighted by Crippen LogP contribution is 2.38. The Morgan fingerprint density at radius 1 is 1.36 bits per heavy atom. The Labute approximate surface area is 167 Å². The Morgan fingerprint density at radius 2 is 2.11 bits per heavy atom. The van der Waals surface area contributed by atoms with E-state index in [0.29, 0.717) is 22.5 Å². The van der Waals surface area contributed by atoms with Gasteiger partial charge in [0, 0.05) is 17.3 Å². The van der Waals surface area contributed by atoms with Gasteiger partial charge in [-0.25, -0.2) is 4.98 Å². The summed E-state index contributed by atoms with van der Waals surface area (Å²) in [6.07, 6.45) is 2.29. The van der Waals surface area contributed by atoms with Crippen molar-refractivity contribution < 1.29 is 4.79 Å². The summed E-state index contributed by atoms with van der Waals surface area (Å²) in [7, 11) is 0. The number of amides is 1. The SMILES string of the molecule is Cc1c(C#N)c(NC(=O)CSc2n[nH]c(C3CC3)n2)n(-c2ccccc2)c1C. The largest absolute Gasteiger partial charge is 0.310 e. The van der Waals surface area contributed by atoms with Crippen LogP contribution in [0.15, 0.2) is 35.5 Å². The highest BCUT2D eigenvalue weighted by molar-refractivity contribution is 7.99. The van der Waals surface area contributed by atoms with Gasteiger partial charge in [0.25, 0.3) is 0 Å². The Balaban J connectivity index is 1.53. The van der Waals surface area contributed by atoms with E-state index in [1.165, 1.54) is 11.8 Å². The van der Waals surface area contributed by atoms with Crippen LogP contribution in [0.3, 0.4) is 0 Å². The molecular weight excluding hydrogens is 372 g/mol. The van der Waals surface area contributed by atoms with E-state index < -0.39 is 0 Å². The second-order valence-electron chi connectivity index (χ2n) is 6.83. The maximum atomic E-state index is 12.6. The van der Waals surface area contributed by atoms with Gasteiger partial charge >= 0.3 is 0 Å². The molecule has 0 radical (unpaired) electrons. The third kappa shape index (κ3) is 3.53. The number of H-pyrrole nitrogens is 1. The van der Waals surface area contributed by atoms with E-state index in [1.54, 1.807) is 0 Å². The molecule has 0 saturated heterocycles. The number of aromatic nitrogens is 4. The number of para-hydroxylation sites is 1. The minimum absolute atomic E-state index is 0.172. The zero-order valence-electron chi connectivity index (χ0n) is 15.7. The van der Waals surface area contributed by atoms with Gasteiger partial charge in [-0.2, -0.15) is 5.26 Å². The molecule has 0 aliphatic heterocycles. The summed E-state index contributed by atoms with van der Waals surface area (Å²) in [5.41, 5.74) is 3.16. The molecule has 28 heavy (non-hydrogen) atoms. The van der Waals surface area contributed by atoms with Crippen LogP contribution in [0.25, 0.3) is 5.69 Å². The number of nitriles is 1. The Morgan fingerprint density at radius 3 is 2.79 bits per heavy atom. The number of nitrogens with one attached hydrogen (secondary N) is 2. The van der Waals surface area contributed by atoms with Crippen LogP contribution in [0.4, 0.5) is 5.82 Å². The molecule has 1 fully saturated rings. The smallest absolute Gasteiger partial charge is 0.236 e. The molecular formula is C20H20N6OS. The van der Waals surface area contributed by atoms with Crippen LogP contribution in [0.1, 0.15) is 41.4 Å². The fourth-order valence-corrected chi connectivity index (χ4v) is 3.73. The number of carbonyl (C=O) groups is 1. The predicted molar refractivity (Wildman–Crippen MR) is 108 cm³/mol. The molecule has 2 N–H and O–H groups in total. The number of aromatic amines is 1. The topological polar surface area (TPSA) is 99.4 Å². The molecule has 1 aliphatic carbocycles. The molecule has 4 rings (SSSR count). The van der Waals surface area contributed by atoms with Gasteiger partial charge in [0.15, 0.2) is 0 Å². The van der Waals surface area contributed by atoms with E-state index in [-0.39, 0.29) is 11.7 Å². The minimum Gasteiger partial charge on any atom is -0.310 e. The lowest BCUT2D eigenvalue weighted by Crippen LogP contribution is -2.17. The average molecular weight is 392 g/mol. The normalized spacial score (nSPS) is 13.3. The van der Waals surface area contributed by atoms with Gasteiger partial charge < -0.3 is 5.32 Å². The van der Waals surface area contributed by atoms with Crippen LogP contribution in [0.5, 0.6) is 0 Å². The molecule has 0 unspecified atom stereocenters. The van der Waals surface area contributed by atoms with E-state index in [4.69, 9.17) is 0 Å². The first-order valence-electron chi connectivity index (χ1n) is 9.11. The summed E-state index contributed by atoms with van der Waals surface area (Å²) >= 11 is 1.28. The van der Waals surface area contributed by atoms with Crippen molar-refractivity contribution in [1.82, 2.24) is 19.7 Å². The van der Waals surface area contributed by atoms with Crippen LogP contribution in [0.2, 0.25) is 0 Å². The number of rotatable bonds is 6. The highest BCUT2D eigenvalue weighted by atomic mass is 32.2. The molecule has 2 aromatic heterocycles. The van der Waals surface area contributed by atoms with Crippen molar-refractivity contribution in [3.05, 3.63) is 53.0 Å². The predicted octanol–water partition coefficient (Wildman–Crippen LogP) is 3.69. The molecule has 1 aromatic carbocycles. The Kier molecular flexibility index (Phi) is 4.92. The lowest BCUT2D eigenvalue weighted by atomic mass is 10.2. The zero-order chi connectivity index (χ0) is 19.7. The lowest BCUT2D eigenvalue weighted by Gasteiger charge is -2.12. The maximum Gasteiger partial charge on any atom is 0.236 e. The molecule has 2 heterocycles. The zero-order valence-corrected chi connectivity index (χ0v) is 16.5. The van der Waals surface area contributed by atoms with Gasteiger partial charge in [0.05, 0.1) is 11.3 Å². The van der Waals surface area contributed by atoms with Gasteiger partial charge in [-0.15, -0.1) is 5.10 Å². The van der Waals surface area contributed by atoms with Crippen molar-refractivity contribution in [2.75, 3.05) is 11.1 Å². The molecule has 142 valence electrons. The van der Waals surface area contributed by atoms with Crippen molar-refractivity contribution in [2.24, 2.45) is 0 Å². The number of nitrogens with zero attached hydrogens (tertiary/aromatic N) is 4. The summed E-state index contributed by atoms with van der Waals surface area (Å²) < 4.78 is 1.91. The lowest BCUT2D eigenvalue weighted by molar-refractivity contribution is -0.113. The quantitative estimate of drug-likeness (QED) is 0.623.